The van der Waals surface area contributed by atoms with Crippen molar-refractivity contribution in [3.63, 3.8) is 0 Å². The van der Waals surface area contributed by atoms with E-state index in [1.807, 2.05) is 79.7 Å². The molecule has 0 amide bonds. The first-order chi connectivity index (χ1) is 12.7. The average Bonchev–Trinajstić information content (AvgIpc) is 2.69. The van der Waals surface area contributed by atoms with Crippen LogP contribution < -0.4 is 9.47 Å². The molecule has 0 spiro atoms. The summed E-state index contributed by atoms with van der Waals surface area (Å²) in [5, 5.41) is 0.519. The summed E-state index contributed by atoms with van der Waals surface area (Å²) in [6.45, 7) is 1.88. The van der Waals surface area contributed by atoms with Crippen LogP contribution in [0.15, 0.2) is 102 Å². The number of hydrogen-bond donors (Lipinski definition) is 0. The molecular formula is C22H18ClNO2. The largest absolute Gasteiger partial charge is 0.465 e. The van der Waals surface area contributed by atoms with Crippen molar-refractivity contribution in [3.05, 3.63) is 102 Å². The SMILES string of the molecule is CC(=COc1ccccc1)C(=Nc1ccccc1)Oc1ccccc1Cl. The molecule has 4 heteroatoms. The second kappa shape index (κ2) is 8.88. The number of ether oxygens (including phenoxy) is 2. The number of hydrogen-bond acceptors (Lipinski definition) is 3. The Morgan fingerprint density at radius 3 is 2.15 bits per heavy atom. The van der Waals surface area contributed by atoms with E-state index >= 15 is 0 Å². The minimum absolute atomic E-state index is 0.417. The predicted octanol–water partition coefficient (Wildman–Crippen LogP) is 6.43. The monoisotopic (exact) mass is 363 g/mol. The molecule has 0 saturated heterocycles. The Balaban J connectivity index is 1.89. The van der Waals surface area contributed by atoms with Gasteiger partial charge < -0.3 is 9.47 Å². The zero-order valence-corrected chi connectivity index (χ0v) is 15.1. The Labute approximate surface area is 158 Å². The van der Waals surface area contributed by atoms with E-state index in [0.717, 1.165) is 17.0 Å². The number of para-hydroxylation sites is 3. The van der Waals surface area contributed by atoms with Crippen LogP contribution in [0.25, 0.3) is 0 Å². The molecule has 130 valence electrons. The van der Waals surface area contributed by atoms with Crippen molar-refractivity contribution in [2.75, 3.05) is 0 Å². The highest BCUT2D eigenvalue weighted by atomic mass is 35.5. The van der Waals surface area contributed by atoms with Crippen molar-refractivity contribution in [3.8, 4) is 11.5 Å². The summed E-state index contributed by atoms with van der Waals surface area (Å²) in [6, 6.07) is 26.4. The summed E-state index contributed by atoms with van der Waals surface area (Å²) in [7, 11) is 0. The molecule has 0 aliphatic heterocycles. The fourth-order valence-corrected chi connectivity index (χ4v) is 2.32. The molecule has 3 rings (SSSR count). The fourth-order valence-electron chi connectivity index (χ4n) is 2.15. The molecule has 0 radical (unpaired) electrons. The van der Waals surface area contributed by atoms with E-state index in [1.54, 1.807) is 18.4 Å². The highest BCUT2D eigenvalue weighted by Gasteiger charge is 2.10. The van der Waals surface area contributed by atoms with Crippen LogP contribution in [0.5, 0.6) is 11.5 Å². The molecule has 3 aromatic rings. The summed E-state index contributed by atoms with van der Waals surface area (Å²) >= 11 is 6.22. The van der Waals surface area contributed by atoms with Gasteiger partial charge in [0.2, 0.25) is 5.90 Å². The number of halogens is 1. The van der Waals surface area contributed by atoms with Crippen molar-refractivity contribution < 1.29 is 9.47 Å². The molecule has 3 nitrogen and oxygen atoms in total. The first-order valence-electron chi connectivity index (χ1n) is 8.17. The zero-order valence-electron chi connectivity index (χ0n) is 14.3. The highest BCUT2D eigenvalue weighted by molar-refractivity contribution is 6.32. The molecule has 0 saturated carbocycles. The molecule has 0 aliphatic rings. The van der Waals surface area contributed by atoms with Crippen molar-refractivity contribution in [2.24, 2.45) is 4.99 Å². The predicted molar refractivity (Wildman–Crippen MR) is 106 cm³/mol. The van der Waals surface area contributed by atoms with Crippen molar-refractivity contribution in [1.29, 1.82) is 0 Å². The lowest BCUT2D eigenvalue weighted by Crippen LogP contribution is -2.11. The number of aliphatic imine (C=N–C) groups is 1. The molecule has 0 bridgehead atoms. The standard InChI is InChI=1S/C22H18ClNO2/c1-17(16-25-19-12-6-3-7-13-19)22(24-18-10-4-2-5-11-18)26-21-15-9-8-14-20(21)23/h2-16H,1H3. The quantitative estimate of drug-likeness (QED) is 0.297. The maximum Gasteiger partial charge on any atom is 0.225 e. The van der Waals surface area contributed by atoms with Gasteiger partial charge in [0.1, 0.15) is 11.5 Å². The van der Waals surface area contributed by atoms with Crippen LogP contribution in [0.4, 0.5) is 5.69 Å². The summed E-state index contributed by atoms with van der Waals surface area (Å²) in [5.41, 5.74) is 1.51. The van der Waals surface area contributed by atoms with E-state index < -0.39 is 0 Å². The lowest BCUT2D eigenvalue weighted by atomic mass is 10.3. The molecule has 0 heterocycles. The van der Waals surface area contributed by atoms with Gasteiger partial charge in [0.05, 0.1) is 17.0 Å². The van der Waals surface area contributed by atoms with E-state index in [2.05, 4.69) is 4.99 Å². The summed E-state index contributed by atoms with van der Waals surface area (Å²) < 4.78 is 11.7. The van der Waals surface area contributed by atoms with Gasteiger partial charge in [-0.3, -0.25) is 0 Å². The first kappa shape index (κ1) is 17.8. The Kier molecular flexibility index (Phi) is 6.07. The van der Waals surface area contributed by atoms with Gasteiger partial charge in [0.25, 0.3) is 0 Å². The molecule has 0 aromatic heterocycles. The lowest BCUT2D eigenvalue weighted by Gasteiger charge is -2.11. The Hall–Kier alpha value is -3.04. The summed E-state index contributed by atoms with van der Waals surface area (Å²) in [4.78, 5) is 4.59. The third-order valence-corrected chi connectivity index (χ3v) is 3.79. The third kappa shape index (κ3) is 4.98. The maximum absolute atomic E-state index is 6.22. The van der Waals surface area contributed by atoms with Gasteiger partial charge in [-0.25, -0.2) is 4.99 Å². The highest BCUT2D eigenvalue weighted by Crippen LogP contribution is 2.25. The van der Waals surface area contributed by atoms with E-state index in [9.17, 15) is 0 Å². The van der Waals surface area contributed by atoms with Gasteiger partial charge in [-0.05, 0) is 43.3 Å². The van der Waals surface area contributed by atoms with Crippen LogP contribution in [0.3, 0.4) is 0 Å². The second-order valence-electron chi connectivity index (χ2n) is 5.52. The molecule has 0 N–H and O–H groups in total. The molecule has 0 atom stereocenters. The lowest BCUT2D eigenvalue weighted by molar-refractivity contribution is 0.473. The van der Waals surface area contributed by atoms with Gasteiger partial charge in [0.15, 0.2) is 0 Å². The van der Waals surface area contributed by atoms with Crippen LogP contribution in [0.2, 0.25) is 5.02 Å². The van der Waals surface area contributed by atoms with E-state index in [0.29, 0.717) is 16.7 Å². The fraction of sp³-hybridized carbons (Fsp3) is 0.0455. The minimum Gasteiger partial charge on any atom is -0.465 e. The normalized spacial score (nSPS) is 11.9. The second-order valence-corrected chi connectivity index (χ2v) is 5.92. The van der Waals surface area contributed by atoms with E-state index in [-0.39, 0.29) is 0 Å². The van der Waals surface area contributed by atoms with Crippen LogP contribution in [-0.4, -0.2) is 5.90 Å². The van der Waals surface area contributed by atoms with E-state index in [4.69, 9.17) is 21.1 Å². The minimum atomic E-state index is 0.417. The zero-order chi connectivity index (χ0) is 18.2. The van der Waals surface area contributed by atoms with Crippen LogP contribution >= 0.6 is 11.6 Å². The molecule has 0 aliphatic carbocycles. The molecule has 0 fully saturated rings. The van der Waals surface area contributed by atoms with Crippen LogP contribution in [-0.2, 0) is 0 Å². The molecular weight excluding hydrogens is 346 g/mol. The smallest absolute Gasteiger partial charge is 0.225 e. The van der Waals surface area contributed by atoms with Crippen molar-refractivity contribution in [2.45, 2.75) is 6.92 Å². The number of benzene rings is 3. The number of rotatable bonds is 5. The van der Waals surface area contributed by atoms with E-state index in [1.165, 1.54) is 0 Å². The van der Waals surface area contributed by atoms with Crippen molar-refractivity contribution in [1.82, 2.24) is 0 Å². The van der Waals surface area contributed by atoms with Gasteiger partial charge in [-0.2, -0.15) is 0 Å². The maximum atomic E-state index is 6.22. The van der Waals surface area contributed by atoms with Crippen molar-refractivity contribution >= 4 is 23.2 Å². The van der Waals surface area contributed by atoms with Gasteiger partial charge >= 0.3 is 0 Å². The van der Waals surface area contributed by atoms with Gasteiger partial charge in [0, 0.05) is 5.57 Å². The van der Waals surface area contributed by atoms with Crippen LogP contribution in [0, 0.1) is 0 Å². The Morgan fingerprint density at radius 1 is 0.846 bits per heavy atom. The third-order valence-electron chi connectivity index (χ3n) is 3.48. The van der Waals surface area contributed by atoms with Gasteiger partial charge in [-0.1, -0.05) is 60.1 Å². The topological polar surface area (TPSA) is 30.8 Å². The van der Waals surface area contributed by atoms with Crippen LogP contribution in [0.1, 0.15) is 6.92 Å². The molecule has 0 unspecified atom stereocenters. The van der Waals surface area contributed by atoms with Gasteiger partial charge in [-0.15, -0.1) is 0 Å². The Bertz CT molecular complexity index is 906. The Morgan fingerprint density at radius 2 is 1.46 bits per heavy atom. The summed E-state index contributed by atoms with van der Waals surface area (Å²) in [6.07, 6.45) is 1.62. The molecule has 3 aromatic carbocycles. The molecule has 26 heavy (non-hydrogen) atoms. The first-order valence-corrected chi connectivity index (χ1v) is 8.55. The number of nitrogens with zero attached hydrogens (tertiary/aromatic N) is 1. The average molecular weight is 364 g/mol. The summed E-state index contributed by atoms with van der Waals surface area (Å²) in [5.74, 6) is 1.69.